The molecule has 2 heterocycles. The smallest absolute Gasteiger partial charge is 0.338 e. The Morgan fingerprint density at radius 3 is 2.83 bits per heavy atom. The van der Waals surface area contributed by atoms with Crippen molar-refractivity contribution in [3.05, 3.63) is 51.9 Å². The number of aliphatic hydroxyl groups excluding tert-OH is 1. The zero-order valence-corrected chi connectivity index (χ0v) is 12.0. The van der Waals surface area contributed by atoms with Crippen LogP contribution in [0.1, 0.15) is 5.56 Å². The highest BCUT2D eigenvalue weighted by Gasteiger charge is 2.27. The van der Waals surface area contributed by atoms with Crippen molar-refractivity contribution in [3.63, 3.8) is 0 Å². The standard InChI is InChI=1S/C16H12O7/c1-21-15(20)9-5-8(6-17)7-22-16-12(9)14(19)13-10(18)3-2-4-11(13)23-16/h2-5,7,17-18H,6H2,1H3. The number of ether oxygens (including phenoxy) is 2. The molecule has 0 atom stereocenters. The van der Waals surface area contributed by atoms with Crippen molar-refractivity contribution >= 4 is 22.5 Å². The fourth-order valence-electron chi connectivity index (χ4n) is 2.29. The van der Waals surface area contributed by atoms with Crippen molar-refractivity contribution in [2.75, 3.05) is 13.7 Å². The van der Waals surface area contributed by atoms with Gasteiger partial charge in [0.15, 0.2) is 0 Å². The van der Waals surface area contributed by atoms with Crippen LogP contribution in [0.4, 0.5) is 0 Å². The van der Waals surface area contributed by atoms with Crippen LogP contribution in [0.2, 0.25) is 0 Å². The number of aromatic hydroxyl groups is 1. The number of hydrogen-bond donors (Lipinski definition) is 2. The number of phenolic OH excluding ortho intramolecular Hbond substituents is 1. The monoisotopic (exact) mass is 316 g/mol. The number of methoxy groups -OCH3 is 1. The third kappa shape index (κ3) is 2.36. The molecule has 0 bridgehead atoms. The molecule has 2 aromatic rings. The Hall–Kier alpha value is -3.06. The van der Waals surface area contributed by atoms with E-state index in [1.54, 1.807) is 0 Å². The van der Waals surface area contributed by atoms with Crippen LogP contribution in [0.25, 0.3) is 16.5 Å². The zero-order valence-electron chi connectivity index (χ0n) is 12.0. The number of aliphatic hydroxyl groups is 1. The average Bonchev–Trinajstić information content (AvgIpc) is 2.74. The van der Waals surface area contributed by atoms with E-state index in [0.29, 0.717) is 0 Å². The molecular weight excluding hydrogens is 304 g/mol. The molecule has 1 aromatic heterocycles. The predicted molar refractivity (Wildman–Crippen MR) is 79.9 cm³/mol. The van der Waals surface area contributed by atoms with Crippen molar-refractivity contribution in [2.24, 2.45) is 0 Å². The lowest BCUT2D eigenvalue weighted by atomic mass is 10.0. The number of rotatable bonds is 2. The fraction of sp³-hybridized carbons (Fsp3) is 0.125. The topological polar surface area (TPSA) is 106 Å². The molecule has 1 aliphatic heterocycles. The van der Waals surface area contributed by atoms with Gasteiger partial charge in [0.05, 0.1) is 19.3 Å². The van der Waals surface area contributed by atoms with Gasteiger partial charge in [-0.3, -0.25) is 4.79 Å². The number of carbonyl (C=O) groups excluding carboxylic acids is 1. The van der Waals surface area contributed by atoms with Crippen molar-refractivity contribution < 1.29 is 28.9 Å². The van der Waals surface area contributed by atoms with Crippen LogP contribution in [-0.2, 0) is 9.53 Å². The second kappa shape index (κ2) is 5.62. The normalized spacial score (nSPS) is 13.5. The molecule has 0 radical (unpaired) electrons. The Morgan fingerprint density at radius 1 is 1.35 bits per heavy atom. The molecule has 1 aromatic carbocycles. The van der Waals surface area contributed by atoms with Crippen LogP contribution in [-0.4, -0.2) is 29.9 Å². The Morgan fingerprint density at radius 2 is 2.13 bits per heavy atom. The van der Waals surface area contributed by atoms with E-state index in [0.717, 1.165) is 7.11 Å². The summed E-state index contributed by atoms with van der Waals surface area (Å²) in [5.41, 5.74) is -0.573. The van der Waals surface area contributed by atoms with Crippen molar-refractivity contribution in [3.8, 4) is 11.7 Å². The van der Waals surface area contributed by atoms with Gasteiger partial charge in [-0.25, -0.2) is 4.79 Å². The van der Waals surface area contributed by atoms with Gasteiger partial charge < -0.3 is 24.1 Å². The van der Waals surface area contributed by atoms with Gasteiger partial charge in [0, 0.05) is 5.57 Å². The second-order valence-corrected chi connectivity index (χ2v) is 4.76. The highest BCUT2D eigenvalue weighted by Crippen LogP contribution is 2.33. The summed E-state index contributed by atoms with van der Waals surface area (Å²) in [5.74, 6) is -1.28. The molecule has 3 rings (SSSR count). The van der Waals surface area contributed by atoms with E-state index in [4.69, 9.17) is 9.15 Å². The lowest BCUT2D eigenvalue weighted by molar-refractivity contribution is -0.133. The molecular formula is C16H12O7. The van der Waals surface area contributed by atoms with E-state index in [9.17, 15) is 19.8 Å². The van der Waals surface area contributed by atoms with Gasteiger partial charge >= 0.3 is 11.9 Å². The van der Waals surface area contributed by atoms with Gasteiger partial charge in [0.25, 0.3) is 0 Å². The first-order valence-corrected chi connectivity index (χ1v) is 6.62. The Labute approximate surface area is 129 Å². The van der Waals surface area contributed by atoms with Crippen molar-refractivity contribution in [1.82, 2.24) is 0 Å². The lowest BCUT2D eigenvalue weighted by Crippen LogP contribution is -2.15. The van der Waals surface area contributed by atoms with E-state index in [-0.39, 0.29) is 39.4 Å². The lowest BCUT2D eigenvalue weighted by Gasteiger charge is -2.09. The van der Waals surface area contributed by atoms with E-state index in [1.165, 1.54) is 30.5 Å². The highest BCUT2D eigenvalue weighted by atomic mass is 16.6. The van der Waals surface area contributed by atoms with Crippen molar-refractivity contribution in [2.45, 2.75) is 0 Å². The summed E-state index contributed by atoms with van der Waals surface area (Å²) in [7, 11) is 1.16. The molecule has 7 heteroatoms. The Balaban J connectivity index is 2.40. The molecule has 7 nitrogen and oxygen atoms in total. The highest BCUT2D eigenvalue weighted by molar-refractivity contribution is 6.18. The number of benzene rings is 1. The number of fused-ring (bicyclic) bond motifs is 2. The molecule has 0 saturated carbocycles. The summed E-state index contributed by atoms with van der Waals surface area (Å²) in [6, 6.07) is 4.33. The fourth-order valence-corrected chi connectivity index (χ4v) is 2.29. The molecule has 0 fully saturated rings. The van der Waals surface area contributed by atoms with Gasteiger partial charge in [-0.05, 0) is 18.2 Å². The molecule has 118 valence electrons. The molecule has 2 N–H and O–H groups in total. The second-order valence-electron chi connectivity index (χ2n) is 4.76. The number of carbonyl (C=O) groups is 1. The summed E-state index contributed by atoms with van der Waals surface area (Å²) in [6.07, 6.45) is 2.45. The van der Waals surface area contributed by atoms with E-state index in [1.807, 2.05) is 0 Å². The molecule has 0 saturated heterocycles. The minimum atomic E-state index is -0.793. The first-order valence-electron chi connectivity index (χ1n) is 6.62. The molecule has 23 heavy (non-hydrogen) atoms. The van der Waals surface area contributed by atoms with Gasteiger partial charge in [-0.2, -0.15) is 0 Å². The molecule has 1 aliphatic rings. The van der Waals surface area contributed by atoms with E-state index < -0.39 is 18.0 Å². The van der Waals surface area contributed by atoms with Crippen LogP contribution < -0.4 is 10.2 Å². The first-order chi connectivity index (χ1) is 11.1. The summed E-state index contributed by atoms with van der Waals surface area (Å²) in [5, 5.41) is 19.1. The van der Waals surface area contributed by atoms with Gasteiger partial charge in [0.2, 0.25) is 5.43 Å². The molecule has 0 unspecified atom stereocenters. The minimum absolute atomic E-state index is 0.0721. The van der Waals surface area contributed by atoms with Gasteiger partial charge in [-0.1, -0.05) is 6.07 Å². The largest absolute Gasteiger partial charge is 0.507 e. The van der Waals surface area contributed by atoms with Crippen molar-refractivity contribution in [1.29, 1.82) is 0 Å². The van der Waals surface area contributed by atoms with Crippen LogP contribution in [0.3, 0.4) is 0 Å². The first kappa shape index (κ1) is 14.9. The maximum absolute atomic E-state index is 12.7. The number of hydrogen-bond acceptors (Lipinski definition) is 7. The summed E-state index contributed by atoms with van der Waals surface area (Å²) in [6.45, 7) is -0.409. The zero-order chi connectivity index (χ0) is 16.6. The Bertz CT molecular complexity index is 918. The van der Waals surface area contributed by atoms with Gasteiger partial charge in [0.1, 0.15) is 28.5 Å². The number of phenols is 1. The predicted octanol–water partition coefficient (Wildman–Crippen LogP) is 1.32. The molecule has 0 aliphatic carbocycles. The average molecular weight is 316 g/mol. The van der Waals surface area contributed by atoms with E-state index >= 15 is 0 Å². The third-order valence-corrected chi connectivity index (χ3v) is 3.37. The minimum Gasteiger partial charge on any atom is -0.507 e. The summed E-state index contributed by atoms with van der Waals surface area (Å²) >= 11 is 0. The summed E-state index contributed by atoms with van der Waals surface area (Å²) < 4.78 is 15.4. The summed E-state index contributed by atoms with van der Waals surface area (Å²) in [4.78, 5) is 24.8. The van der Waals surface area contributed by atoms with Crippen LogP contribution >= 0.6 is 0 Å². The maximum atomic E-state index is 12.7. The Kier molecular flexibility index (Phi) is 3.63. The number of esters is 1. The molecule has 0 amide bonds. The molecule has 0 spiro atoms. The van der Waals surface area contributed by atoms with Crippen LogP contribution in [0, 0.1) is 0 Å². The third-order valence-electron chi connectivity index (χ3n) is 3.37. The van der Waals surface area contributed by atoms with Gasteiger partial charge in [-0.15, -0.1) is 0 Å². The quantitative estimate of drug-likeness (QED) is 0.805. The van der Waals surface area contributed by atoms with Crippen LogP contribution in [0.15, 0.2) is 45.3 Å². The van der Waals surface area contributed by atoms with E-state index in [2.05, 4.69) is 4.74 Å². The van der Waals surface area contributed by atoms with Crippen LogP contribution in [0.5, 0.6) is 11.7 Å². The SMILES string of the molecule is COC(=O)C1=CC(CO)=COc2oc3cccc(O)c3c(=O)c21. The maximum Gasteiger partial charge on any atom is 0.338 e.